The van der Waals surface area contributed by atoms with Crippen LogP contribution < -0.4 is 5.32 Å². The van der Waals surface area contributed by atoms with Crippen LogP contribution in [0.3, 0.4) is 0 Å². The average Bonchev–Trinajstić information content (AvgIpc) is 3.60. The number of aryl methyl sites for hydroxylation is 2. The fraction of sp³-hybridized carbons (Fsp3) is 0.480. The fourth-order valence-electron chi connectivity index (χ4n) is 8.51. The van der Waals surface area contributed by atoms with Crippen LogP contribution >= 0.6 is 0 Å². The van der Waals surface area contributed by atoms with Crippen LogP contribution in [0.2, 0.25) is 0 Å². The van der Waals surface area contributed by atoms with Gasteiger partial charge in [0.1, 0.15) is 17.5 Å². The third-order valence-corrected chi connectivity index (χ3v) is 12.3. The number of ketones is 1. The largest absolute Gasteiger partial charge is 0.387 e. The molecular weight excluding hydrogens is 741 g/mol. The summed E-state index contributed by atoms with van der Waals surface area (Å²) in [5.74, 6) is -1.90. The van der Waals surface area contributed by atoms with Gasteiger partial charge < -0.3 is 34.3 Å². The molecule has 6 rings (SSSR count). The highest BCUT2D eigenvalue weighted by atomic mass is 16.8. The minimum Gasteiger partial charge on any atom is -0.387 e. The molecule has 2 N–H and O–H groups in total. The molecule has 0 saturated carbocycles. The molecule has 9 nitrogen and oxygen atoms in total. The molecule has 2 saturated heterocycles. The van der Waals surface area contributed by atoms with E-state index in [0.29, 0.717) is 32.6 Å². The summed E-state index contributed by atoms with van der Waals surface area (Å²) in [7, 11) is 3.93. The van der Waals surface area contributed by atoms with Gasteiger partial charge in [0.2, 0.25) is 11.7 Å². The van der Waals surface area contributed by atoms with Gasteiger partial charge in [-0.05, 0) is 93.6 Å². The van der Waals surface area contributed by atoms with Crippen molar-refractivity contribution in [1.82, 2.24) is 10.2 Å². The Morgan fingerprint density at radius 1 is 0.898 bits per heavy atom. The van der Waals surface area contributed by atoms with Crippen molar-refractivity contribution in [2.45, 2.75) is 109 Å². The smallest absolute Gasteiger partial charge is 0.225 e. The first-order valence-corrected chi connectivity index (χ1v) is 21.2. The second kappa shape index (κ2) is 19.4. The van der Waals surface area contributed by atoms with Crippen LogP contribution in [0.25, 0.3) is 0 Å². The predicted molar refractivity (Wildman–Crippen MR) is 231 cm³/mol. The highest BCUT2D eigenvalue weighted by Gasteiger charge is 2.71. The molecular formula is C50H64N2O7. The van der Waals surface area contributed by atoms with Gasteiger partial charge in [-0.15, -0.1) is 0 Å². The molecule has 0 spiro atoms. The van der Waals surface area contributed by atoms with Gasteiger partial charge in [-0.2, -0.15) is 0 Å². The summed E-state index contributed by atoms with van der Waals surface area (Å²) >= 11 is 0. The number of nitrogens with one attached hydrogen (secondary N) is 1. The molecule has 0 radical (unpaired) electrons. The van der Waals surface area contributed by atoms with Crippen LogP contribution in [-0.2, 0) is 60.4 Å². The summed E-state index contributed by atoms with van der Waals surface area (Å²) in [6.07, 6.45) is 1.81. The topological polar surface area (TPSA) is 107 Å². The first-order chi connectivity index (χ1) is 28.2. The lowest BCUT2D eigenvalue weighted by atomic mass is 9.70. The SMILES string of the molecule is Cc1ccc([C@]23OC[C@](C(C)(C)O)(O2)[C@@H](C)[C@H](OCc2ccccc2)[C@H]3OCc2ccccc2)cc1Cc1ccc(CCCC(=O)C[C@H](C)C(=O)NCCN(C)C)cc1. The average molecular weight is 805 g/mol. The lowest BCUT2D eigenvalue weighted by Crippen LogP contribution is -2.68. The summed E-state index contributed by atoms with van der Waals surface area (Å²) in [6.45, 7) is 11.8. The zero-order valence-corrected chi connectivity index (χ0v) is 36.0. The molecule has 4 aromatic carbocycles. The van der Waals surface area contributed by atoms with Crippen LogP contribution in [0.5, 0.6) is 0 Å². The van der Waals surface area contributed by atoms with E-state index in [1.807, 2.05) is 74.4 Å². The third kappa shape index (κ3) is 10.6. The highest BCUT2D eigenvalue weighted by Crippen LogP contribution is 2.57. The zero-order chi connectivity index (χ0) is 42.2. The Bertz CT molecular complexity index is 1980. The van der Waals surface area contributed by atoms with Crippen molar-refractivity contribution in [3.05, 3.63) is 142 Å². The number of aliphatic hydroxyl groups is 1. The van der Waals surface area contributed by atoms with E-state index in [0.717, 1.165) is 52.8 Å². The molecule has 9 heteroatoms. The summed E-state index contributed by atoms with van der Waals surface area (Å²) in [4.78, 5) is 27.1. The number of rotatable bonds is 20. The summed E-state index contributed by atoms with van der Waals surface area (Å²) in [6, 6.07) is 35.1. The van der Waals surface area contributed by atoms with Crippen molar-refractivity contribution in [1.29, 1.82) is 0 Å². The van der Waals surface area contributed by atoms with E-state index in [1.54, 1.807) is 13.8 Å². The summed E-state index contributed by atoms with van der Waals surface area (Å²) < 4.78 is 27.8. The number of likely N-dealkylation sites (N-methyl/N-ethyl adjacent to an activating group) is 1. The minimum atomic E-state index is -1.35. The van der Waals surface area contributed by atoms with Crippen molar-refractivity contribution in [3.63, 3.8) is 0 Å². The molecule has 6 atom stereocenters. The van der Waals surface area contributed by atoms with Crippen LogP contribution in [0, 0.1) is 18.8 Å². The molecule has 0 unspecified atom stereocenters. The Morgan fingerprint density at radius 2 is 1.53 bits per heavy atom. The van der Waals surface area contributed by atoms with E-state index in [2.05, 4.69) is 73.8 Å². The van der Waals surface area contributed by atoms with E-state index >= 15 is 0 Å². The fourth-order valence-corrected chi connectivity index (χ4v) is 8.51. The Morgan fingerprint density at radius 3 is 2.15 bits per heavy atom. The van der Waals surface area contributed by atoms with Gasteiger partial charge in [0, 0.05) is 43.3 Å². The Balaban J connectivity index is 1.18. The molecule has 2 fully saturated rings. The number of amides is 1. The van der Waals surface area contributed by atoms with E-state index in [9.17, 15) is 14.7 Å². The Hall–Kier alpha value is -4.22. The number of benzene rings is 4. The lowest BCUT2D eigenvalue weighted by Gasteiger charge is -2.54. The molecule has 0 aliphatic carbocycles. The third-order valence-electron chi connectivity index (χ3n) is 12.3. The number of fused-ring (bicyclic) bond motifs is 2. The maximum absolute atomic E-state index is 12.7. The van der Waals surface area contributed by atoms with Crippen LogP contribution in [0.15, 0.2) is 103 Å². The van der Waals surface area contributed by atoms with Crippen molar-refractivity contribution in [3.8, 4) is 0 Å². The van der Waals surface area contributed by atoms with Gasteiger partial charge in [-0.3, -0.25) is 9.59 Å². The summed E-state index contributed by atoms with van der Waals surface area (Å²) in [5.41, 5.74) is 5.19. The number of nitrogens with zero attached hydrogens (tertiary/aromatic N) is 1. The second-order valence-corrected chi connectivity index (χ2v) is 17.5. The molecule has 4 aromatic rings. The number of hydrogen-bond acceptors (Lipinski definition) is 8. The number of Topliss-reactive ketones (excluding diaryl/α,β-unsaturated/α-hetero) is 1. The molecule has 2 heterocycles. The number of carbonyl (C=O) groups is 2. The van der Waals surface area contributed by atoms with Crippen LogP contribution in [-0.4, -0.2) is 78.9 Å². The van der Waals surface area contributed by atoms with Gasteiger partial charge in [0.25, 0.3) is 0 Å². The lowest BCUT2D eigenvalue weighted by molar-refractivity contribution is -0.352. The zero-order valence-electron chi connectivity index (χ0n) is 36.0. The van der Waals surface area contributed by atoms with Crippen molar-refractivity contribution < 1.29 is 33.6 Å². The van der Waals surface area contributed by atoms with Crippen LogP contribution in [0.1, 0.15) is 85.9 Å². The first kappa shape index (κ1) is 44.3. The summed E-state index contributed by atoms with van der Waals surface area (Å²) in [5, 5.41) is 14.7. The molecule has 2 bridgehead atoms. The number of ether oxygens (including phenoxy) is 4. The molecule has 316 valence electrons. The van der Waals surface area contributed by atoms with Gasteiger partial charge in [0.05, 0.1) is 31.5 Å². The predicted octanol–water partition coefficient (Wildman–Crippen LogP) is 7.71. The maximum Gasteiger partial charge on any atom is 0.225 e. The second-order valence-electron chi connectivity index (χ2n) is 17.5. The molecule has 2 aliphatic heterocycles. The first-order valence-electron chi connectivity index (χ1n) is 21.2. The van der Waals surface area contributed by atoms with Crippen molar-refractivity contribution >= 4 is 11.7 Å². The normalized spacial score (nSPS) is 23.3. The minimum absolute atomic E-state index is 0.0664. The Kier molecular flexibility index (Phi) is 14.6. The van der Waals surface area contributed by atoms with E-state index in [4.69, 9.17) is 18.9 Å². The van der Waals surface area contributed by atoms with E-state index < -0.39 is 29.2 Å². The molecule has 1 amide bonds. The van der Waals surface area contributed by atoms with Crippen molar-refractivity contribution in [2.75, 3.05) is 33.8 Å². The van der Waals surface area contributed by atoms with Gasteiger partial charge >= 0.3 is 0 Å². The number of carbonyl (C=O) groups excluding carboxylic acids is 2. The van der Waals surface area contributed by atoms with E-state index in [-0.39, 0.29) is 36.6 Å². The van der Waals surface area contributed by atoms with Gasteiger partial charge in [-0.25, -0.2) is 0 Å². The highest BCUT2D eigenvalue weighted by molar-refractivity contribution is 5.86. The Labute approximate surface area is 351 Å². The van der Waals surface area contributed by atoms with Gasteiger partial charge in [-0.1, -0.05) is 111 Å². The van der Waals surface area contributed by atoms with Crippen LogP contribution in [0.4, 0.5) is 0 Å². The standard InChI is InChI=1S/C50H64N2O7/c1-35-21-26-43(31-42(35)30-39-24-22-38(23-25-39)19-14-20-44(53)29-36(2)47(54)51-27-28-52(6)7)50-46(57-33-41-17-12-9-13-18-41)45(56-32-40-15-10-8-11-16-40)37(3)49(59-50,34-58-50)48(4,5)55/h8-13,15-18,21-26,31,36-37,45-46,55H,14,19-20,27-30,32-34H2,1-7H3,(H,51,54)/t36-,37-,45-,46+,49-,50-/m0/s1. The quantitative estimate of drug-likeness (QED) is 0.0937. The van der Waals surface area contributed by atoms with E-state index in [1.165, 1.54) is 5.56 Å². The molecule has 2 aliphatic rings. The number of hydrogen-bond donors (Lipinski definition) is 2. The van der Waals surface area contributed by atoms with Crippen molar-refractivity contribution in [2.24, 2.45) is 11.8 Å². The molecule has 0 aromatic heterocycles. The maximum atomic E-state index is 12.7. The van der Waals surface area contributed by atoms with Gasteiger partial charge in [0.15, 0.2) is 0 Å². The monoisotopic (exact) mass is 804 g/mol. The molecule has 59 heavy (non-hydrogen) atoms.